The first-order chi connectivity index (χ1) is 12.7. The second-order valence-corrected chi connectivity index (χ2v) is 6.20. The Hall–Kier alpha value is -2.50. The molecule has 2 rings (SSSR count). The van der Waals surface area contributed by atoms with Gasteiger partial charge < -0.3 is 20.3 Å². The number of carbonyl (C=O) groups is 1. The van der Waals surface area contributed by atoms with Crippen LogP contribution >= 0.6 is 0 Å². The number of aliphatic imine (C=N–C) groups is 1. The Morgan fingerprint density at radius 3 is 2.77 bits per heavy atom. The van der Waals surface area contributed by atoms with Crippen LogP contribution in [-0.4, -0.2) is 49.6 Å². The summed E-state index contributed by atoms with van der Waals surface area (Å²) in [5, 5.41) is 6.33. The SMILES string of the molecule is C=CCOc1ccccc1CN=C(NCC)NCC(=O)N1CCCCC1. The molecule has 0 spiro atoms. The van der Waals surface area contributed by atoms with Crippen LogP contribution in [0.2, 0.25) is 0 Å². The summed E-state index contributed by atoms with van der Waals surface area (Å²) in [6.45, 7) is 9.34. The first kappa shape index (κ1) is 19.8. The number of amides is 1. The molecule has 2 N–H and O–H groups in total. The number of nitrogens with zero attached hydrogens (tertiary/aromatic N) is 2. The summed E-state index contributed by atoms with van der Waals surface area (Å²) in [6.07, 6.45) is 5.13. The van der Waals surface area contributed by atoms with Crippen molar-refractivity contribution >= 4 is 11.9 Å². The highest BCUT2D eigenvalue weighted by Crippen LogP contribution is 2.18. The number of hydrogen-bond acceptors (Lipinski definition) is 3. The fraction of sp³-hybridized carbons (Fsp3) is 0.500. The number of rotatable bonds is 8. The summed E-state index contributed by atoms with van der Waals surface area (Å²) in [4.78, 5) is 18.8. The van der Waals surface area contributed by atoms with Crippen LogP contribution in [0, 0.1) is 0 Å². The van der Waals surface area contributed by atoms with Gasteiger partial charge in [-0.05, 0) is 32.3 Å². The monoisotopic (exact) mass is 358 g/mol. The van der Waals surface area contributed by atoms with E-state index in [0.717, 1.165) is 43.8 Å². The predicted molar refractivity (Wildman–Crippen MR) is 105 cm³/mol. The molecule has 142 valence electrons. The quantitative estimate of drug-likeness (QED) is 0.425. The molecule has 0 unspecified atom stereocenters. The molecule has 26 heavy (non-hydrogen) atoms. The highest BCUT2D eigenvalue weighted by Gasteiger charge is 2.16. The summed E-state index contributed by atoms with van der Waals surface area (Å²) in [5.74, 6) is 1.57. The molecule has 1 aliphatic heterocycles. The normalized spacial score (nSPS) is 14.7. The number of likely N-dealkylation sites (tertiary alicyclic amines) is 1. The van der Waals surface area contributed by atoms with E-state index in [1.165, 1.54) is 6.42 Å². The largest absolute Gasteiger partial charge is 0.489 e. The maximum atomic E-state index is 12.3. The van der Waals surface area contributed by atoms with Crippen LogP contribution in [0.3, 0.4) is 0 Å². The zero-order valence-electron chi connectivity index (χ0n) is 15.7. The average Bonchev–Trinajstić information content (AvgIpc) is 2.69. The van der Waals surface area contributed by atoms with Crippen molar-refractivity contribution in [3.8, 4) is 5.75 Å². The first-order valence-electron chi connectivity index (χ1n) is 9.36. The topological polar surface area (TPSA) is 66.0 Å². The van der Waals surface area contributed by atoms with Crippen molar-refractivity contribution in [3.63, 3.8) is 0 Å². The van der Waals surface area contributed by atoms with Gasteiger partial charge in [-0.2, -0.15) is 0 Å². The van der Waals surface area contributed by atoms with Gasteiger partial charge in [0.15, 0.2) is 5.96 Å². The summed E-state index contributed by atoms with van der Waals surface area (Å²) in [5.41, 5.74) is 0.994. The standard InChI is InChI=1S/C20H30N4O2/c1-3-14-26-18-11-7-6-10-17(18)15-22-20(21-4-2)23-16-19(25)24-12-8-5-9-13-24/h3,6-7,10-11H,1,4-5,8-9,12-16H2,2H3,(H2,21,22,23). The minimum Gasteiger partial charge on any atom is -0.489 e. The van der Waals surface area contributed by atoms with E-state index in [1.807, 2.05) is 36.1 Å². The molecule has 1 heterocycles. The van der Waals surface area contributed by atoms with E-state index in [-0.39, 0.29) is 12.5 Å². The van der Waals surface area contributed by atoms with Crippen LogP contribution in [0.5, 0.6) is 5.75 Å². The molecule has 1 aliphatic rings. The molecule has 1 aromatic carbocycles. The molecule has 6 heteroatoms. The Labute approximate surface area is 156 Å². The van der Waals surface area contributed by atoms with Crippen molar-refractivity contribution in [2.24, 2.45) is 4.99 Å². The van der Waals surface area contributed by atoms with Crippen LogP contribution < -0.4 is 15.4 Å². The van der Waals surface area contributed by atoms with E-state index in [1.54, 1.807) is 6.08 Å². The molecule has 0 aliphatic carbocycles. The lowest BCUT2D eigenvalue weighted by Crippen LogP contribution is -2.46. The second-order valence-electron chi connectivity index (χ2n) is 6.20. The maximum absolute atomic E-state index is 12.3. The lowest BCUT2D eigenvalue weighted by atomic mass is 10.1. The van der Waals surface area contributed by atoms with Gasteiger partial charge in [0.05, 0.1) is 13.1 Å². The molecule has 1 saturated heterocycles. The van der Waals surface area contributed by atoms with Gasteiger partial charge in [0, 0.05) is 25.2 Å². The summed E-state index contributed by atoms with van der Waals surface area (Å²) in [6, 6.07) is 7.82. The molecule has 1 fully saturated rings. The lowest BCUT2D eigenvalue weighted by Gasteiger charge is -2.27. The molecule has 6 nitrogen and oxygen atoms in total. The van der Waals surface area contributed by atoms with E-state index >= 15 is 0 Å². The molecular weight excluding hydrogens is 328 g/mol. The van der Waals surface area contributed by atoms with Gasteiger partial charge in [-0.25, -0.2) is 4.99 Å². The molecule has 1 amide bonds. The number of guanidine groups is 1. The molecule has 0 saturated carbocycles. The zero-order valence-corrected chi connectivity index (χ0v) is 15.7. The molecule has 1 aromatic rings. The second kappa shape index (κ2) is 11.2. The highest BCUT2D eigenvalue weighted by atomic mass is 16.5. The minimum atomic E-state index is 0.130. The van der Waals surface area contributed by atoms with Crippen LogP contribution in [0.25, 0.3) is 0 Å². The summed E-state index contributed by atoms with van der Waals surface area (Å²) < 4.78 is 5.67. The highest BCUT2D eigenvalue weighted by molar-refractivity contribution is 5.86. The molecule has 0 radical (unpaired) electrons. The van der Waals surface area contributed by atoms with Crippen LogP contribution in [0.1, 0.15) is 31.7 Å². The van der Waals surface area contributed by atoms with Gasteiger partial charge in [0.1, 0.15) is 12.4 Å². The number of piperidine rings is 1. The number of carbonyl (C=O) groups excluding carboxylic acids is 1. The Morgan fingerprint density at radius 1 is 1.27 bits per heavy atom. The van der Waals surface area contributed by atoms with Crippen molar-refractivity contribution in [2.75, 3.05) is 32.8 Å². The summed E-state index contributed by atoms with van der Waals surface area (Å²) >= 11 is 0. The van der Waals surface area contributed by atoms with E-state index in [2.05, 4.69) is 22.2 Å². The van der Waals surface area contributed by atoms with Gasteiger partial charge >= 0.3 is 0 Å². The molecule has 0 atom stereocenters. The Morgan fingerprint density at radius 2 is 2.04 bits per heavy atom. The number of ether oxygens (including phenoxy) is 1. The molecule has 0 aromatic heterocycles. The maximum Gasteiger partial charge on any atom is 0.241 e. The Kier molecular flexibility index (Phi) is 8.52. The van der Waals surface area contributed by atoms with Gasteiger partial charge in [0.25, 0.3) is 0 Å². The van der Waals surface area contributed by atoms with E-state index in [9.17, 15) is 4.79 Å². The number of para-hydroxylation sites is 1. The minimum absolute atomic E-state index is 0.130. The van der Waals surface area contributed by atoms with Crippen LogP contribution in [0.15, 0.2) is 41.9 Å². The fourth-order valence-corrected chi connectivity index (χ4v) is 2.84. The fourth-order valence-electron chi connectivity index (χ4n) is 2.84. The molecular formula is C20H30N4O2. The van der Waals surface area contributed by atoms with E-state index < -0.39 is 0 Å². The van der Waals surface area contributed by atoms with E-state index in [0.29, 0.717) is 19.1 Å². The van der Waals surface area contributed by atoms with Crippen LogP contribution in [0.4, 0.5) is 0 Å². The molecule has 0 bridgehead atoms. The third kappa shape index (κ3) is 6.43. The number of benzene rings is 1. The third-order valence-electron chi connectivity index (χ3n) is 4.20. The van der Waals surface area contributed by atoms with Crippen molar-refractivity contribution in [2.45, 2.75) is 32.7 Å². The first-order valence-corrected chi connectivity index (χ1v) is 9.36. The predicted octanol–water partition coefficient (Wildman–Crippen LogP) is 2.32. The van der Waals surface area contributed by atoms with Crippen molar-refractivity contribution in [1.29, 1.82) is 0 Å². The average molecular weight is 358 g/mol. The van der Waals surface area contributed by atoms with Crippen molar-refractivity contribution < 1.29 is 9.53 Å². The van der Waals surface area contributed by atoms with Crippen LogP contribution in [-0.2, 0) is 11.3 Å². The van der Waals surface area contributed by atoms with E-state index in [4.69, 9.17) is 4.74 Å². The number of hydrogen-bond donors (Lipinski definition) is 2. The van der Waals surface area contributed by atoms with Gasteiger partial charge in [-0.15, -0.1) is 0 Å². The van der Waals surface area contributed by atoms with Crippen molar-refractivity contribution in [1.82, 2.24) is 15.5 Å². The zero-order chi connectivity index (χ0) is 18.6. The van der Waals surface area contributed by atoms with Crippen molar-refractivity contribution in [3.05, 3.63) is 42.5 Å². The smallest absolute Gasteiger partial charge is 0.241 e. The van der Waals surface area contributed by atoms with Gasteiger partial charge in [-0.3, -0.25) is 4.79 Å². The number of nitrogens with one attached hydrogen (secondary N) is 2. The lowest BCUT2D eigenvalue weighted by molar-refractivity contribution is -0.130. The third-order valence-corrected chi connectivity index (χ3v) is 4.20. The Balaban J connectivity index is 1.93. The van der Waals surface area contributed by atoms with Gasteiger partial charge in [0.2, 0.25) is 5.91 Å². The van der Waals surface area contributed by atoms with Gasteiger partial charge in [-0.1, -0.05) is 30.9 Å². The Bertz CT molecular complexity index is 610. The summed E-state index contributed by atoms with van der Waals surface area (Å²) in [7, 11) is 0.